The van der Waals surface area contributed by atoms with E-state index in [1.165, 1.54) is 13.2 Å². The number of thiophene rings is 1. The van der Waals surface area contributed by atoms with E-state index in [1.807, 2.05) is 28.5 Å². The molecule has 5 rings (SSSR count). The number of alkyl halides is 3. The third-order valence-corrected chi connectivity index (χ3v) is 7.03. The average Bonchev–Trinajstić information content (AvgIpc) is 3.35. The van der Waals surface area contributed by atoms with Gasteiger partial charge in [-0.25, -0.2) is 9.98 Å². The molecular weight excluding hydrogens is 479 g/mol. The number of halogens is 3. The molecular formula is C24H24F3N5O2S. The summed E-state index contributed by atoms with van der Waals surface area (Å²) in [5.74, 6) is 1.54. The van der Waals surface area contributed by atoms with Crippen molar-refractivity contribution in [2.45, 2.75) is 12.7 Å². The minimum absolute atomic E-state index is 0.349. The number of nitrogens with zero attached hydrogens (tertiary/aromatic N) is 5. The van der Waals surface area contributed by atoms with E-state index in [0.29, 0.717) is 42.9 Å². The molecule has 0 saturated carbocycles. The number of hydrogen-bond acceptors (Lipinski definition) is 8. The van der Waals surface area contributed by atoms with Crippen molar-refractivity contribution in [1.29, 1.82) is 0 Å². The molecule has 4 heterocycles. The van der Waals surface area contributed by atoms with Crippen LogP contribution < -0.4 is 19.3 Å². The maximum atomic E-state index is 13.6. The number of hydrogen-bond donors (Lipinski definition) is 0. The second-order valence-electron chi connectivity index (χ2n) is 8.14. The molecule has 0 radical (unpaired) electrons. The van der Waals surface area contributed by atoms with Crippen LogP contribution in [0.3, 0.4) is 0 Å². The monoisotopic (exact) mass is 503 g/mol. The third-order valence-electron chi connectivity index (χ3n) is 6.14. The smallest absolute Gasteiger partial charge is 0.416 e. The maximum Gasteiger partial charge on any atom is 0.416 e. The molecule has 2 aliphatic rings. The molecule has 0 bridgehead atoms. The topological polar surface area (TPSA) is 53.4 Å². The number of benzene rings is 1. The Balaban J connectivity index is 1.45. The van der Waals surface area contributed by atoms with E-state index >= 15 is 0 Å². The van der Waals surface area contributed by atoms with Gasteiger partial charge in [0.2, 0.25) is 11.8 Å². The number of aliphatic imine (C=N–C) groups is 1. The van der Waals surface area contributed by atoms with Crippen molar-refractivity contribution in [3.63, 3.8) is 0 Å². The molecule has 0 amide bonds. The lowest BCUT2D eigenvalue weighted by Crippen LogP contribution is -2.54. The van der Waals surface area contributed by atoms with Crippen LogP contribution in [0.2, 0.25) is 0 Å². The van der Waals surface area contributed by atoms with Gasteiger partial charge in [0, 0.05) is 44.1 Å². The zero-order valence-electron chi connectivity index (χ0n) is 19.2. The van der Waals surface area contributed by atoms with Gasteiger partial charge in [0.1, 0.15) is 5.75 Å². The molecule has 11 heteroatoms. The Bertz CT molecular complexity index is 1240. The molecule has 3 aromatic rings. The van der Waals surface area contributed by atoms with Crippen molar-refractivity contribution in [1.82, 2.24) is 9.88 Å². The fourth-order valence-corrected chi connectivity index (χ4v) is 5.12. The number of ether oxygens (including phenoxy) is 2. The lowest BCUT2D eigenvalue weighted by atomic mass is 10.1. The van der Waals surface area contributed by atoms with Crippen molar-refractivity contribution < 1.29 is 22.6 Å². The van der Waals surface area contributed by atoms with Gasteiger partial charge < -0.3 is 24.2 Å². The lowest BCUT2D eigenvalue weighted by molar-refractivity contribution is -0.137. The van der Waals surface area contributed by atoms with E-state index in [-0.39, 0.29) is 0 Å². The number of piperazine rings is 1. The SMILES string of the molecule is COc1cc(N2CCN(C3=Nc4ccsc4CN3c3cc(C(F)(F)F)ccc3OC)CC2)ccn1. The average molecular weight is 504 g/mol. The molecule has 7 nitrogen and oxygen atoms in total. The lowest BCUT2D eigenvalue weighted by Gasteiger charge is -2.42. The minimum atomic E-state index is -4.46. The Hall–Kier alpha value is -3.47. The summed E-state index contributed by atoms with van der Waals surface area (Å²) in [6.45, 7) is 3.17. The first-order valence-electron chi connectivity index (χ1n) is 11.0. The quantitative estimate of drug-likeness (QED) is 0.499. The van der Waals surface area contributed by atoms with Gasteiger partial charge in [0.15, 0.2) is 0 Å². The molecule has 0 N–H and O–H groups in total. The van der Waals surface area contributed by atoms with E-state index in [0.717, 1.165) is 41.5 Å². The third kappa shape index (κ3) is 4.60. The minimum Gasteiger partial charge on any atom is -0.495 e. The van der Waals surface area contributed by atoms with Crippen LogP contribution in [0, 0.1) is 0 Å². The highest BCUT2D eigenvalue weighted by Gasteiger charge is 2.35. The van der Waals surface area contributed by atoms with Crippen LogP contribution in [-0.2, 0) is 12.7 Å². The second kappa shape index (κ2) is 9.29. The van der Waals surface area contributed by atoms with Gasteiger partial charge in [-0.15, -0.1) is 11.3 Å². The highest BCUT2D eigenvalue weighted by Crippen LogP contribution is 2.41. The largest absolute Gasteiger partial charge is 0.495 e. The van der Waals surface area contributed by atoms with Crippen molar-refractivity contribution in [3.8, 4) is 11.6 Å². The van der Waals surface area contributed by atoms with E-state index in [2.05, 4.69) is 14.8 Å². The molecule has 2 aliphatic heterocycles. The first-order valence-corrected chi connectivity index (χ1v) is 11.9. The molecule has 0 atom stereocenters. The summed E-state index contributed by atoms with van der Waals surface area (Å²) >= 11 is 1.54. The standard InChI is InChI=1S/C24H24F3N5O2S/c1-33-20-4-3-16(24(25,26)27)13-19(20)32-15-21-18(6-12-35-21)29-23(32)31-10-8-30(9-11-31)17-5-7-28-22(14-17)34-2/h3-7,12-14H,8-11,15H2,1-2H3. The fourth-order valence-electron chi connectivity index (χ4n) is 4.32. The van der Waals surface area contributed by atoms with Crippen LogP contribution in [0.4, 0.5) is 30.2 Å². The Morgan fingerprint density at radius 1 is 0.943 bits per heavy atom. The number of guanidine groups is 1. The number of methoxy groups -OCH3 is 2. The first kappa shape index (κ1) is 23.3. The predicted molar refractivity (Wildman–Crippen MR) is 130 cm³/mol. The van der Waals surface area contributed by atoms with Crippen molar-refractivity contribution in [2.24, 2.45) is 4.99 Å². The highest BCUT2D eigenvalue weighted by atomic mass is 32.1. The molecule has 1 fully saturated rings. The fraction of sp³-hybridized carbons (Fsp3) is 0.333. The van der Waals surface area contributed by atoms with Crippen molar-refractivity contribution >= 4 is 34.4 Å². The van der Waals surface area contributed by atoms with E-state index < -0.39 is 11.7 Å². The summed E-state index contributed by atoms with van der Waals surface area (Å²) in [5.41, 5.74) is 1.50. The van der Waals surface area contributed by atoms with Crippen LogP contribution in [0.5, 0.6) is 11.6 Å². The Morgan fingerprint density at radius 3 is 2.43 bits per heavy atom. The van der Waals surface area contributed by atoms with Gasteiger partial charge in [-0.1, -0.05) is 0 Å². The van der Waals surface area contributed by atoms with Gasteiger partial charge in [0.05, 0.1) is 42.6 Å². The summed E-state index contributed by atoms with van der Waals surface area (Å²) in [6.07, 6.45) is -2.75. The van der Waals surface area contributed by atoms with E-state index in [9.17, 15) is 13.2 Å². The van der Waals surface area contributed by atoms with Crippen molar-refractivity contribution in [2.75, 3.05) is 50.2 Å². The van der Waals surface area contributed by atoms with Gasteiger partial charge in [-0.3, -0.25) is 0 Å². The molecule has 35 heavy (non-hydrogen) atoms. The van der Waals surface area contributed by atoms with Crippen LogP contribution in [0.25, 0.3) is 0 Å². The van der Waals surface area contributed by atoms with E-state index in [4.69, 9.17) is 14.5 Å². The number of rotatable bonds is 4. The maximum absolute atomic E-state index is 13.6. The molecule has 0 unspecified atom stereocenters. The molecule has 184 valence electrons. The summed E-state index contributed by atoms with van der Waals surface area (Å²) in [4.78, 5) is 16.2. The van der Waals surface area contributed by atoms with Crippen LogP contribution >= 0.6 is 11.3 Å². The Kier molecular flexibility index (Phi) is 6.18. The second-order valence-corrected chi connectivity index (χ2v) is 9.14. The zero-order valence-corrected chi connectivity index (χ0v) is 20.1. The molecule has 1 aromatic carbocycles. The van der Waals surface area contributed by atoms with Crippen LogP contribution in [0.15, 0.2) is 53.0 Å². The molecule has 2 aromatic heterocycles. The van der Waals surface area contributed by atoms with Crippen LogP contribution in [0.1, 0.15) is 10.4 Å². The van der Waals surface area contributed by atoms with Gasteiger partial charge in [0.25, 0.3) is 0 Å². The molecule has 1 saturated heterocycles. The normalized spacial score (nSPS) is 16.1. The number of pyridine rings is 1. The molecule has 0 spiro atoms. The highest BCUT2D eigenvalue weighted by molar-refractivity contribution is 7.10. The summed E-state index contributed by atoms with van der Waals surface area (Å²) in [6, 6.07) is 9.33. The summed E-state index contributed by atoms with van der Waals surface area (Å²) < 4.78 is 51.4. The van der Waals surface area contributed by atoms with Gasteiger partial charge in [-0.05, 0) is 35.7 Å². The zero-order chi connectivity index (χ0) is 24.6. The summed E-state index contributed by atoms with van der Waals surface area (Å²) in [5, 5.41) is 1.95. The Labute approximate surface area is 205 Å². The summed E-state index contributed by atoms with van der Waals surface area (Å²) in [7, 11) is 3.05. The number of fused-ring (bicyclic) bond motifs is 1. The number of anilines is 2. The van der Waals surface area contributed by atoms with Gasteiger partial charge >= 0.3 is 6.18 Å². The predicted octanol–water partition coefficient (Wildman–Crippen LogP) is 5.01. The first-order chi connectivity index (χ1) is 16.9. The van der Waals surface area contributed by atoms with Crippen LogP contribution in [-0.4, -0.2) is 56.2 Å². The van der Waals surface area contributed by atoms with E-state index in [1.54, 1.807) is 24.6 Å². The van der Waals surface area contributed by atoms with Gasteiger partial charge in [-0.2, -0.15) is 13.2 Å². The van der Waals surface area contributed by atoms with Crippen molar-refractivity contribution in [3.05, 3.63) is 58.4 Å². The Morgan fingerprint density at radius 2 is 1.71 bits per heavy atom. The number of aromatic nitrogens is 1. The molecule has 0 aliphatic carbocycles.